The van der Waals surface area contributed by atoms with E-state index in [1.165, 1.54) is 0 Å². The average molecular weight is 486 g/mol. The first-order chi connectivity index (χ1) is 17.1. The number of nitrogens with zero attached hydrogens (tertiary/aromatic N) is 2. The average Bonchev–Trinajstić information content (AvgIpc) is 3.16. The molecular weight excluding hydrogens is 450 g/mol. The Morgan fingerprint density at radius 3 is 2.31 bits per heavy atom. The standard InChI is InChI=1S/C30H35N3O3/c1-29(2,3)21-30(4,5)32-28-27(31-25-13-9-10-18-33(25)28)23-14-16-24(17-15-23)36-26(34)20-35-19-22-11-7-6-8-12-22/h6-18,32H,19-21H2,1-5H3. The first kappa shape index (κ1) is 25.5. The number of nitrogens with one attached hydrogen (secondary N) is 1. The van der Waals surface area contributed by atoms with Crippen molar-refractivity contribution in [1.29, 1.82) is 0 Å². The summed E-state index contributed by atoms with van der Waals surface area (Å²) in [7, 11) is 0. The fourth-order valence-electron chi connectivity index (χ4n) is 4.68. The molecule has 188 valence electrons. The summed E-state index contributed by atoms with van der Waals surface area (Å²) in [6.45, 7) is 11.4. The Morgan fingerprint density at radius 1 is 0.917 bits per heavy atom. The van der Waals surface area contributed by atoms with Gasteiger partial charge in [0.25, 0.3) is 0 Å². The molecule has 0 bridgehead atoms. The smallest absolute Gasteiger partial charge is 0.337 e. The molecule has 36 heavy (non-hydrogen) atoms. The van der Waals surface area contributed by atoms with Gasteiger partial charge in [0, 0.05) is 17.3 Å². The molecule has 0 aliphatic carbocycles. The highest BCUT2D eigenvalue weighted by Crippen LogP contribution is 2.35. The number of rotatable bonds is 9. The van der Waals surface area contributed by atoms with Crippen LogP contribution in [-0.4, -0.2) is 27.5 Å². The number of imidazole rings is 1. The molecule has 0 aliphatic heterocycles. The maximum Gasteiger partial charge on any atom is 0.337 e. The zero-order valence-corrected chi connectivity index (χ0v) is 21.7. The van der Waals surface area contributed by atoms with Crippen LogP contribution in [0.1, 0.15) is 46.6 Å². The monoisotopic (exact) mass is 485 g/mol. The van der Waals surface area contributed by atoms with E-state index in [9.17, 15) is 4.79 Å². The summed E-state index contributed by atoms with van der Waals surface area (Å²) in [6, 6.07) is 23.2. The predicted octanol–water partition coefficient (Wildman–Crippen LogP) is 6.75. The molecule has 0 fully saturated rings. The lowest BCUT2D eigenvalue weighted by atomic mass is 9.82. The number of anilines is 1. The summed E-state index contributed by atoms with van der Waals surface area (Å²) in [5.41, 5.74) is 3.70. The van der Waals surface area contributed by atoms with E-state index in [2.05, 4.69) is 44.3 Å². The summed E-state index contributed by atoms with van der Waals surface area (Å²) < 4.78 is 13.0. The highest BCUT2D eigenvalue weighted by atomic mass is 16.6. The van der Waals surface area contributed by atoms with Crippen molar-refractivity contribution in [2.45, 2.75) is 53.2 Å². The van der Waals surface area contributed by atoms with Crippen molar-refractivity contribution < 1.29 is 14.3 Å². The van der Waals surface area contributed by atoms with Gasteiger partial charge in [0.2, 0.25) is 0 Å². The van der Waals surface area contributed by atoms with Gasteiger partial charge in [0.1, 0.15) is 29.5 Å². The van der Waals surface area contributed by atoms with Crippen LogP contribution < -0.4 is 10.1 Å². The Morgan fingerprint density at radius 2 is 1.61 bits per heavy atom. The van der Waals surface area contributed by atoms with Crippen molar-refractivity contribution in [2.75, 3.05) is 11.9 Å². The molecule has 1 N–H and O–H groups in total. The van der Waals surface area contributed by atoms with E-state index in [4.69, 9.17) is 14.5 Å². The van der Waals surface area contributed by atoms with E-state index in [0.29, 0.717) is 12.4 Å². The van der Waals surface area contributed by atoms with Gasteiger partial charge in [-0.05, 0) is 67.6 Å². The van der Waals surface area contributed by atoms with Crippen LogP contribution in [0.5, 0.6) is 5.75 Å². The van der Waals surface area contributed by atoms with Crippen LogP contribution >= 0.6 is 0 Å². The molecule has 6 nitrogen and oxygen atoms in total. The molecule has 0 atom stereocenters. The van der Waals surface area contributed by atoms with Crippen LogP contribution in [0, 0.1) is 5.41 Å². The molecular formula is C30H35N3O3. The van der Waals surface area contributed by atoms with Crippen molar-refractivity contribution in [3.8, 4) is 17.0 Å². The van der Waals surface area contributed by atoms with Crippen LogP contribution in [0.3, 0.4) is 0 Å². The summed E-state index contributed by atoms with van der Waals surface area (Å²) in [5, 5.41) is 3.75. The van der Waals surface area contributed by atoms with E-state index in [1.54, 1.807) is 12.1 Å². The van der Waals surface area contributed by atoms with Crippen molar-refractivity contribution in [3.05, 3.63) is 84.6 Å². The summed E-state index contributed by atoms with van der Waals surface area (Å²) in [4.78, 5) is 17.1. The third-order valence-electron chi connectivity index (χ3n) is 5.65. The lowest BCUT2D eigenvalue weighted by molar-refractivity contribution is -0.139. The number of carbonyl (C=O) groups excluding carboxylic acids is 1. The molecule has 4 aromatic rings. The number of carbonyl (C=O) groups is 1. The summed E-state index contributed by atoms with van der Waals surface area (Å²) in [5.74, 6) is 0.981. The van der Waals surface area contributed by atoms with Crippen molar-refractivity contribution in [3.63, 3.8) is 0 Å². The Hall–Kier alpha value is -3.64. The van der Waals surface area contributed by atoms with E-state index in [-0.39, 0.29) is 17.6 Å². The van der Waals surface area contributed by atoms with E-state index in [1.807, 2.05) is 66.9 Å². The van der Waals surface area contributed by atoms with Crippen LogP contribution in [0.4, 0.5) is 5.82 Å². The number of aromatic nitrogens is 2. The fourth-order valence-corrected chi connectivity index (χ4v) is 4.68. The highest BCUT2D eigenvalue weighted by Gasteiger charge is 2.28. The number of ether oxygens (including phenoxy) is 2. The number of pyridine rings is 1. The second-order valence-electron chi connectivity index (χ2n) is 11.0. The fraction of sp³-hybridized carbons (Fsp3) is 0.333. The first-order valence-corrected chi connectivity index (χ1v) is 12.3. The molecule has 0 amide bonds. The third-order valence-corrected chi connectivity index (χ3v) is 5.65. The highest BCUT2D eigenvalue weighted by molar-refractivity contribution is 5.78. The lowest BCUT2D eigenvalue weighted by Gasteiger charge is -2.34. The van der Waals surface area contributed by atoms with Gasteiger partial charge in [0.05, 0.1) is 6.61 Å². The molecule has 0 saturated carbocycles. The molecule has 0 spiro atoms. The molecule has 6 heteroatoms. The molecule has 0 saturated heterocycles. The van der Waals surface area contributed by atoms with E-state index in [0.717, 1.165) is 34.7 Å². The van der Waals surface area contributed by atoms with Crippen molar-refractivity contribution in [2.24, 2.45) is 5.41 Å². The normalized spacial score (nSPS) is 12.0. The van der Waals surface area contributed by atoms with Gasteiger partial charge in [-0.25, -0.2) is 9.78 Å². The van der Waals surface area contributed by atoms with Crippen molar-refractivity contribution >= 4 is 17.4 Å². The van der Waals surface area contributed by atoms with Gasteiger partial charge in [-0.3, -0.25) is 4.40 Å². The van der Waals surface area contributed by atoms with E-state index < -0.39 is 5.97 Å². The zero-order valence-electron chi connectivity index (χ0n) is 21.7. The van der Waals surface area contributed by atoms with Crippen LogP contribution in [0.15, 0.2) is 79.0 Å². The Balaban J connectivity index is 1.48. The van der Waals surface area contributed by atoms with Crippen LogP contribution in [0.25, 0.3) is 16.9 Å². The Kier molecular flexibility index (Phi) is 7.45. The maximum absolute atomic E-state index is 12.2. The SMILES string of the molecule is CC(C)(C)CC(C)(C)Nc1c(-c2ccc(OC(=O)COCc3ccccc3)cc2)nc2ccccn12. The second kappa shape index (κ2) is 10.5. The maximum atomic E-state index is 12.2. The topological polar surface area (TPSA) is 64.9 Å². The molecule has 0 unspecified atom stereocenters. The minimum atomic E-state index is -0.433. The summed E-state index contributed by atoms with van der Waals surface area (Å²) >= 11 is 0. The van der Waals surface area contributed by atoms with E-state index >= 15 is 0 Å². The van der Waals surface area contributed by atoms with Gasteiger partial charge in [-0.15, -0.1) is 0 Å². The third kappa shape index (κ3) is 6.73. The summed E-state index contributed by atoms with van der Waals surface area (Å²) in [6.07, 6.45) is 3.01. The number of hydrogen-bond acceptors (Lipinski definition) is 5. The first-order valence-electron chi connectivity index (χ1n) is 12.3. The van der Waals surface area contributed by atoms with Gasteiger partial charge < -0.3 is 14.8 Å². The predicted molar refractivity (Wildman–Crippen MR) is 144 cm³/mol. The molecule has 0 aliphatic rings. The second-order valence-corrected chi connectivity index (χ2v) is 11.0. The zero-order chi connectivity index (χ0) is 25.8. The number of benzene rings is 2. The van der Waals surface area contributed by atoms with Gasteiger partial charge in [-0.2, -0.15) is 0 Å². The Labute approximate surface area is 213 Å². The Bertz CT molecular complexity index is 1300. The quantitative estimate of drug-likeness (QED) is 0.210. The lowest BCUT2D eigenvalue weighted by Crippen LogP contribution is -2.36. The van der Waals surface area contributed by atoms with Gasteiger partial charge in [-0.1, -0.05) is 57.2 Å². The minimum Gasteiger partial charge on any atom is -0.425 e. The van der Waals surface area contributed by atoms with Crippen LogP contribution in [0.2, 0.25) is 0 Å². The largest absolute Gasteiger partial charge is 0.425 e. The minimum absolute atomic E-state index is 0.111. The van der Waals surface area contributed by atoms with Crippen molar-refractivity contribution in [1.82, 2.24) is 9.38 Å². The number of fused-ring (bicyclic) bond motifs is 1. The molecule has 2 aromatic carbocycles. The van der Waals surface area contributed by atoms with Crippen LogP contribution in [-0.2, 0) is 16.1 Å². The van der Waals surface area contributed by atoms with Gasteiger partial charge >= 0.3 is 5.97 Å². The van der Waals surface area contributed by atoms with Gasteiger partial charge in [0.15, 0.2) is 0 Å². The molecule has 2 aromatic heterocycles. The molecule has 2 heterocycles. The molecule has 0 radical (unpaired) electrons. The molecule has 4 rings (SSSR count). The number of esters is 1. The number of hydrogen-bond donors (Lipinski definition) is 1.